The number of ketones is 1. The van der Waals surface area contributed by atoms with Crippen LogP contribution in [-0.2, 0) is 16.1 Å². The molecule has 0 radical (unpaired) electrons. The van der Waals surface area contributed by atoms with E-state index in [1.807, 2.05) is 6.92 Å². The lowest BCUT2D eigenvalue weighted by Crippen LogP contribution is -2.43. The van der Waals surface area contributed by atoms with E-state index in [1.54, 1.807) is 25.1 Å². The number of H-pyrrole nitrogens is 1. The average Bonchev–Trinajstić information content (AvgIpc) is 3.80. The van der Waals surface area contributed by atoms with Gasteiger partial charge in [0.2, 0.25) is 5.78 Å². The highest BCUT2D eigenvalue weighted by Gasteiger charge is 2.33. The summed E-state index contributed by atoms with van der Waals surface area (Å²) in [5.74, 6) is -5.94. The summed E-state index contributed by atoms with van der Waals surface area (Å²) >= 11 is -3.11. The Bertz CT molecular complexity index is 2140. The molecule has 1 fully saturated rings. The van der Waals surface area contributed by atoms with Crippen molar-refractivity contribution < 1.29 is 46.3 Å². The van der Waals surface area contributed by atoms with Crippen LogP contribution >= 0.6 is 0 Å². The van der Waals surface area contributed by atoms with Gasteiger partial charge in [-0.15, -0.1) is 0 Å². The number of phenolic OH excluding ortho intramolecular Hbond substituents is 1. The van der Waals surface area contributed by atoms with Gasteiger partial charge in [0.25, 0.3) is 0 Å². The number of benzene rings is 2. The van der Waals surface area contributed by atoms with E-state index >= 15 is 8.78 Å². The summed E-state index contributed by atoms with van der Waals surface area (Å²) in [4.78, 5) is 33.1. The molecule has 2 unspecified atom stereocenters. The molecule has 16 heteroatoms. The van der Waals surface area contributed by atoms with Crippen molar-refractivity contribution in [3.63, 3.8) is 0 Å². The standard InChI is InChI=1S/C34H32F3N5O7S/c1-3-4-5-21(34(45)46)32-28(17(2)40-49-32)23-12-18(6-9-27(23)43)19-13-22-24(15-39-33(22)38-14-19)31(44)29-25(36)7-8-26(30(29)37)42(50(47)48)41-11-10-20(35)16-41/h6-9,12-15,20-21,43H,3-5,10-11,16H2,1-2H3,(H,38,39)(H,45,46)(H,47,48)/p-1/t20-,21?/m1/s1. The number of aromatic hydroxyl groups is 1. The lowest BCUT2D eigenvalue weighted by molar-refractivity contribution is -0.139. The lowest BCUT2D eigenvalue weighted by Gasteiger charge is -2.34. The topological polar surface area (TPSA) is 176 Å². The van der Waals surface area contributed by atoms with Gasteiger partial charge in [-0.25, -0.2) is 27.6 Å². The maximum atomic E-state index is 15.9. The van der Waals surface area contributed by atoms with E-state index in [1.165, 1.54) is 18.5 Å². The molecule has 12 nitrogen and oxygen atoms in total. The smallest absolute Gasteiger partial charge is 0.314 e. The van der Waals surface area contributed by atoms with Gasteiger partial charge in [0.15, 0.2) is 11.6 Å². The summed E-state index contributed by atoms with van der Waals surface area (Å²) in [6.07, 6.45) is 3.04. The third kappa shape index (κ3) is 6.36. The van der Waals surface area contributed by atoms with Crippen LogP contribution < -0.4 is 4.41 Å². The monoisotopic (exact) mass is 710 g/mol. The van der Waals surface area contributed by atoms with Crippen LogP contribution in [0.2, 0.25) is 0 Å². The molecule has 50 heavy (non-hydrogen) atoms. The number of hydrogen-bond acceptors (Lipinski definition) is 9. The fourth-order valence-corrected chi connectivity index (χ4v) is 6.86. The maximum Gasteiger partial charge on any atom is 0.314 e. The minimum Gasteiger partial charge on any atom is -0.754 e. The van der Waals surface area contributed by atoms with Crippen LogP contribution in [0.15, 0.2) is 53.3 Å². The third-order valence-electron chi connectivity index (χ3n) is 8.74. The van der Waals surface area contributed by atoms with Gasteiger partial charge in [-0.2, -0.15) is 0 Å². The first kappa shape index (κ1) is 34.8. The molecule has 0 aliphatic carbocycles. The molecular formula is C34H31F3N5O7S-. The largest absolute Gasteiger partial charge is 0.754 e. The Morgan fingerprint density at radius 3 is 2.68 bits per heavy atom. The number of aromatic nitrogens is 3. The molecule has 2 aromatic carbocycles. The lowest BCUT2D eigenvalue weighted by atomic mass is 9.91. The van der Waals surface area contributed by atoms with Crippen molar-refractivity contribution in [1.82, 2.24) is 20.1 Å². The number of nitrogens with one attached hydrogen (secondary N) is 1. The number of unbranched alkanes of at least 4 members (excludes halogenated alkanes) is 1. The number of halogens is 3. The number of aliphatic carboxylic acids is 1. The van der Waals surface area contributed by atoms with Crippen LogP contribution in [0.25, 0.3) is 33.3 Å². The maximum absolute atomic E-state index is 15.9. The number of aryl methyl sites for hydroxylation is 1. The fourth-order valence-electron chi connectivity index (χ4n) is 6.22. The zero-order valence-electron chi connectivity index (χ0n) is 26.8. The van der Waals surface area contributed by atoms with Crippen molar-refractivity contribution in [1.29, 1.82) is 0 Å². The number of carbonyl (C=O) groups excluding carboxylic acids is 1. The van der Waals surface area contributed by atoms with Crippen molar-refractivity contribution in [3.8, 4) is 28.0 Å². The predicted molar refractivity (Wildman–Crippen MR) is 176 cm³/mol. The number of carboxylic acid groups (broad SMARTS) is 1. The number of anilines is 1. The molecule has 1 aliphatic heterocycles. The normalized spacial score (nSPS) is 16.2. The Morgan fingerprint density at radius 1 is 1.22 bits per heavy atom. The van der Waals surface area contributed by atoms with E-state index in [2.05, 4.69) is 15.1 Å². The quantitative estimate of drug-likeness (QED) is 0.0981. The Kier molecular flexibility index (Phi) is 9.78. The Hall–Kier alpha value is -5.06. The van der Waals surface area contributed by atoms with Crippen LogP contribution in [0.1, 0.15) is 65.9 Å². The summed E-state index contributed by atoms with van der Waals surface area (Å²) < 4.78 is 75.2. The van der Waals surface area contributed by atoms with Crippen LogP contribution in [0.5, 0.6) is 5.75 Å². The van der Waals surface area contributed by atoms with E-state index in [4.69, 9.17) is 4.52 Å². The number of hydrogen-bond donors (Lipinski definition) is 3. The number of aromatic amines is 1. The number of nitrogens with zero attached hydrogens (tertiary/aromatic N) is 4. The van der Waals surface area contributed by atoms with Gasteiger partial charge in [-0.3, -0.25) is 13.8 Å². The second kappa shape index (κ2) is 14.0. The van der Waals surface area contributed by atoms with Crippen LogP contribution in [-0.4, -0.2) is 70.1 Å². The summed E-state index contributed by atoms with van der Waals surface area (Å²) in [6.45, 7) is 3.19. The molecule has 262 valence electrons. The molecule has 1 saturated heterocycles. The van der Waals surface area contributed by atoms with Crippen molar-refractivity contribution in [3.05, 3.63) is 83.0 Å². The van der Waals surface area contributed by atoms with Gasteiger partial charge in [-0.05, 0) is 55.7 Å². The van der Waals surface area contributed by atoms with Crippen molar-refractivity contribution in [2.45, 2.75) is 51.6 Å². The molecule has 6 rings (SSSR count). The summed E-state index contributed by atoms with van der Waals surface area (Å²) in [5.41, 5.74) is 0.248. The molecule has 3 N–H and O–H groups in total. The van der Waals surface area contributed by atoms with Crippen LogP contribution in [0.4, 0.5) is 18.9 Å². The summed E-state index contributed by atoms with van der Waals surface area (Å²) in [5, 5.41) is 26.1. The van der Waals surface area contributed by atoms with Gasteiger partial charge < -0.3 is 24.3 Å². The number of hydrazine groups is 1. The SMILES string of the molecule is CCCCC(C(=O)O)c1onc(C)c1-c1cc(-c2cnc3[nH]cc(C(=O)c4c(F)ccc(N(N5CC[C@@H](F)C5)S(=O)[O-])c4F)c3c2)ccc1O. The number of rotatable bonds is 12. The van der Waals surface area contributed by atoms with E-state index < -0.39 is 58.0 Å². The van der Waals surface area contributed by atoms with Gasteiger partial charge in [0.1, 0.15) is 35.0 Å². The Balaban J connectivity index is 1.40. The summed E-state index contributed by atoms with van der Waals surface area (Å²) in [6, 6.07) is 7.76. The second-order valence-corrected chi connectivity index (χ2v) is 12.7. The number of phenols is 1. The summed E-state index contributed by atoms with van der Waals surface area (Å²) in [7, 11) is 0. The Morgan fingerprint density at radius 2 is 2.00 bits per heavy atom. The van der Waals surface area contributed by atoms with E-state index in [0.717, 1.165) is 23.6 Å². The molecule has 4 heterocycles. The molecule has 0 saturated carbocycles. The molecular weight excluding hydrogens is 679 g/mol. The molecule has 1 aliphatic rings. The number of carboxylic acids is 1. The predicted octanol–water partition coefficient (Wildman–Crippen LogP) is 6.33. The highest BCUT2D eigenvalue weighted by atomic mass is 32.2. The van der Waals surface area contributed by atoms with Crippen molar-refractivity contribution in [2.75, 3.05) is 17.5 Å². The van der Waals surface area contributed by atoms with E-state index in [9.17, 15) is 33.0 Å². The minimum atomic E-state index is -3.11. The van der Waals surface area contributed by atoms with Crippen molar-refractivity contribution >= 4 is 39.7 Å². The van der Waals surface area contributed by atoms with Crippen LogP contribution in [0.3, 0.4) is 0 Å². The molecule has 5 aromatic rings. The number of fused-ring (bicyclic) bond motifs is 1. The van der Waals surface area contributed by atoms with Gasteiger partial charge in [0.05, 0.1) is 34.6 Å². The first-order valence-corrected chi connectivity index (χ1v) is 16.7. The molecule has 0 spiro atoms. The molecule has 0 bridgehead atoms. The second-order valence-electron chi connectivity index (χ2n) is 12.0. The van der Waals surface area contributed by atoms with E-state index in [-0.39, 0.29) is 53.2 Å². The fraction of sp³-hybridized carbons (Fsp3) is 0.294. The first-order chi connectivity index (χ1) is 23.9. The van der Waals surface area contributed by atoms with E-state index in [0.29, 0.717) is 39.6 Å². The zero-order valence-corrected chi connectivity index (χ0v) is 27.6. The highest BCUT2D eigenvalue weighted by Crippen LogP contribution is 2.41. The third-order valence-corrected chi connectivity index (χ3v) is 9.45. The minimum absolute atomic E-state index is 0.0110. The highest BCUT2D eigenvalue weighted by molar-refractivity contribution is 7.80. The van der Waals surface area contributed by atoms with Crippen molar-refractivity contribution in [2.24, 2.45) is 0 Å². The number of alkyl halides is 1. The van der Waals surface area contributed by atoms with Gasteiger partial charge in [0, 0.05) is 41.0 Å². The molecule has 3 aromatic heterocycles. The average molecular weight is 711 g/mol. The van der Waals surface area contributed by atoms with Gasteiger partial charge >= 0.3 is 5.97 Å². The number of pyridine rings is 1. The Labute approximate surface area is 285 Å². The van der Waals surface area contributed by atoms with Crippen LogP contribution in [0, 0.1) is 18.6 Å². The molecule has 0 amide bonds. The zero-order chi connectivity index (χ0) is 35.9. The molecule has 3 atom stereocenters. The first-order valence-electron chi connectivity index (χ1n) is 15.7. The van der Waals surface area contributed by atoms with Gasteiger partial charge in [-0.1, -0.05) is 31.0 Å². The number of carbonyl (C=O) groups is 2.